The number of rotatable bonds is 5. The van der Waals surface area contributed by atoms with E-state index in [4.69, 9.17) is 16.2 Å². The molecule has 0 radical (unpaired) electrons. The summed E-state index contributed by atoms with van der Waals surface area (Å²) in [6, 6.07) is 3.56. The molecular weight excluding hydrogens is 192 g/mol. The summed E-state index contributed by atoms with van der Waals surface area (Å²) in [6.45, 7) is 3.51. The van der Waals surface area contributed by atoms with Crippen molar-refractivity contribution in [3.63, 3.8) is 0 Å². The minimum Gasteiger partial charge on any atom is -0.395 e. The lowest BCUT2D eigenvalue weighted by Gasteiger charge is -2.21. The monoisotopic (exact) mass is 208 g/mol. The summed E-state index contributed by atoms with van der Waals surface area (Å²) in [7, 11) is 0. The third kappa shape index (κ3) is 2.92. The molecule has 0 saturated carbocycles. The highest BCUT2D eigenvalue weighted by Gasteiger charge is 2.04. The number of pyridine rings is 1. The molecule has 0 aliphatic heterocycles. The summed E-state index contributed by atoms with van der Waals surface area (Å²) in [6.07, 6.45) is 1.66. The summed E-state index contributed by atoms with van der Waals surface area (Å²) in [5.41, 5.74) is 6.70. The molecule has 0 unspecified atom stereocenters. The first kappa shape index (κ1) is 11.5. The van der Waals surface area contributed by atoms with Gasteiger partial charge in [0, 0.05) is 13.1 Å². The van der Waals surface area contributed by atoms with Crippen LogP contribution in [0.15, 0.2) is 18.3 Å². The van der Waals surface area contributed by atoms with Gasteiger partial charge in [0.1, 0.15) is 11.5 Å². The largest absolute Gasteiger partial charge is 0.395 e. The third-order valence-electron chi connectivity index (χ3n) is 2.14. The van der Waals surface area contributed by atoms with Crippen LogP contribution < -0.4 is 10.6 Å². The number of anilines is 1. The number of hydrogen-bond acceptors (Lipinski definition) is 4. The molecule has 82 valence electrons. The van der Waals surface area contributed by atoms with Crippen LogP contribution in [0.1, 0.15) is 12.6 Å². The summed E-state index contributed by atoms with van der Waals surface area (Å²) in [5, 5.41) is 16.1. The highest BCUT2D eigenvalue weighted by Crippen LogP contribution is 2.11. The maximum Gasteiger partial charge on any atom is 0.141 e. The number of hydrogen-bond donors (Lipinski definition) is 3. The number of aromatic nitrogens is 1. The van der Waals surface area contributed by atoms with Crippen LogP contribution in [0.2, 0.25) is 0 Å². The zero-order valence-electron chi connectivity index (χ0n) is 8.77. The van der Waals surface area contributed by atoms with Crippen molar-refractivity contribution in [2.24, 2.45) is 5.73 Å². The van der Waals surface area contributed by atoms with Gasteiger partial charge in [0.25, 0.3) is 0 Å². The Bertz CT molecular complexity index is 323. The van der Waals surface area contributed by atoms with Crippen molar-refractivity contribution in [1.29, 1.82) is 5.41 Å². The lowest BCUT2D eigenvalue weighted by molar-refractivity contribution is 0.302. The van der Waals surface area contributed by atoms with Gasteiger partial charge in [-0.25, -0.2) is 0 Å². The second-order valence-corrected chi connectivity index (χ2v) is 3.12. The fourth-order valence-corrected chi connectivity index (χ4v) is 1.32. The Labute approximate surface area is 89.1 Å². The normalized spacial score (nSPS) is 10.0. The molecule has 1 heterocycles. The molecule has 0 aliphatic carbocycles. The summed E-state index contributed by atoms with van der Waals surface area (Å²) >= 11 is 0. The zero-order valence-corrected chi connectivity index (χ0v) is 8.77. The second-order valence-electron chi connectivity index (χ2n) is 3.12. The molecule has 0 aliphatic rings. The van der Waals surface area contributed by atoms with E-state index < -0.39 is 0 Å². The summed E-state index contributed by atoms with van der Waals surface area (Å²) in [4.78, 5) is 6.05. The van der Waals surface area contributed by atoms with Crippen molar-refractivity contribution < 1.29 is 5.11 Å². The Kier molecular flexibility index (Phi) is 4.05. The SMILES string of the molecule is CCN(CCO)c1ccc(C(=N)N)nc1. The number of nitrogen functional groups attached to an aromatic ring is 1. The average molecular weight is 208 g/mol. The molecule has 5 heteroatoms. The fourth-order valence-electron chi connectivity index (χ4n) is 1.32. The van der Waals surface area contributed by atoms with Gasteiger partial charge in [-0.3, -0.25) is 10.4 Å². The Morgan fingerprint density at radius 3 is 2.73 bits per heavy atom. The maximum absolute atomic E-state index is 8.86. The number of aliphatic hydroxyl groups excluding tert-OH is 1. The Hall–Kier alpha value is -1.62. The van der Waals surface area contributed by atoms with E-state index in [9.17, 15) is 0 Å². The van der Waals surface area contributed by atoms with Gasteiger partial charge < -0.3 is 15.7 Å². The van der Waals surface area contributed by atoms with Gasteiger partial charge in [0.2, 0.25) is 0 Å². The molecule has 0 aromatic carbocycles. The summed E-state index contributed by atoms with van der Waals surface area (Å²) in [5.74, 6) is -0.0354. The molecule has 0 bridgehead atoms. The van der Waals surface area contributed by atoms with Gasteiger partial charge in [-0.2, -0.15) is 0 Å². The van der Waals surface area contributed by atoms with E-state index in [-0.39, 0.29) is 12.4 Å². The van der Waals surface area contributed by atoms with E-state index in [2.05, 4.69) is 4.98 Å². The molecule has 1 rings (SSSR count). The molecule has 0 atom stereocenters. The first-order chi connectivity index (χ1) is 7.19. The molecule has 1 aromatic heterocycles. The number of likely N-dealkylation sites (N-methyl/N-ethyl adjacent to an activating group) is 1. The number of nitrogens with zero attached hydrogens (tertiary/aromatic N) is 2. The van der Waals surface area contributed by atoms with Crippen molar-refractivity contribution in [2.45, 2.75) is 6.92 Å². The zero-order chi connectivity index (χ0) is 11.3. The molecule has 5 nitrogen and oxygen atoms in total. The van der Waals surface area contributed by atoms with E-state index in [0.717, 1.165) is 12.2 Å². The average Bonchev–Trinajstić information content (AvgIpc) is 2.26. The molecule has 0 amide bonds. The number of aliphatic hydroxyl groups is 1. The van der Waals surface area contributed by atoms with Crippen LogP contribution in [0.3, 0.4) is 0 Å². The molecule has 0 saturated heterocycles. The van der Waals surface area contributed by atoms with Gasteiger partial charge in [-0.1, -0.05) is 0 Å². The van der Waals surface area contributed by atoms with Gasteiger partial charge in [-0.05, 0) is 19.1 Å². The van der Waals surface area contributed by atoms with Crippen LogP contribution in [0.4, 0.5) is 5.69 Å². The Morgan fingerprint density at radius 2 is 2.33 bits per heavy atom. The summed E-state index contributed by atoms with van der Waals surface area (Å²) < 4.78 is 0. The van der Waals surface area contributed by atoms with E-state index in [0.29, 0.717) is 12.2 Å². The van der Waals surface area contributed by atoms with Gasteiger partial charge in [0.05, 0.1) is 18.5 Å². The lowest BCUT2D eigenvalue weighted by Crippen LogP contribution is -2.26. The quantitative estimate of drug-likeness (QED) is 0.476. The van der Waals surface area contributed by atoms with Crippen LogP contribution in [0.25, 0.3) is 0 Å². The predicted octanol–water partition coefficient (Wildman–Crippen LogP) is 0.184. The van der Waals surface area contributed by atoms with Crippen molar-refractivity contribution in [1.82, 2.24) is 4.98 Å². The fraction of sp³-hybridized carbons (Fsp3) is 0.400. The minimum absolute atomic E-state index is 0.0354. The van der Waals surface area contributed by atoms with Crippen molar-refractivity contribution >= 4 is 11.5 Å². The predicted molar refractivity (Wildman–Crippen MR) is 60.2 cm³/mol. The standard InChI is InChI=1S/C10H16N4O/c1-2-14(5-6-15)8-3-4-9(10(11)12)13-7-8/h3-4,7,15H,2,5-6H2,1H3,(H3,11,12). The number of amidine groups is 1. The van der Waals surface area contributed by atoms with Crippen LogP contribution >= 0.6 is 0 Å². The van der Waals surface area contributed by atoms with E-state index in [1.54, 1.807) is 12.3 Å². The van der Waals surface area contributed by atoms with Gasteiger partial charge in [0.15, 0.2) is 0 Å². The first-order valence-corrected chi connectivity index (χ1v) is 4.85. The third-order valence-corrected chi connectivity index (χ3v) is 2.14. The van der Waals surface area contributed by atoms with E-state index in [1.807, 2.05) is 17.9 Å². The van der Waals surface area contributed by atoms with E-state index in [1.165, 1.54) is 0 Å². The molecular formula is C10H16N4O. The van der Waals surface area contributed by atoms with Crippen LogP contribution in [-0.4, -0.2) is 35.6 Å². The molecule has 1 aromatic rings. The molecule has 4 N–H and O–H groups in total. The van der Waals surface area contributed by atoms with Gasteiger partial charge in [-0.15, -0.1) is 0 Å². The number of nitrogens with one attached hydrogen (secondary N) is 1. The van der Waals surface area contributed by atoms with Crippen molar-refractivity contribution in [2.75, 3.05) is 24.6 Å². The molecule has 0 spiro atoms. The maximum atomic E-state index is 8.86. The topological polar surface area (TPSA) is 86.2 Å². The highest BCUT2D eigenvalue weighted by molar-refractivity contribution is 5.93. The Balaban J connectivity index is 2.81. The molecule has 0 fully saturated rings. The van der Waals surface area contributed by atoms with Crippen molar-refractivity contribution in [3.8, 4) is 0 Å². The number of nitrogens with two attached hydrogens (primary N) is 1. The van der Waals surface area contributed by atoms with Gasteiger partial charge >= 0.3 is 0 Å². The molecule has 15 heavy (non-hydrogen) atoms. The first-order valence-electron chi connectivity index (χ1n) is 4.85. The van der Waals surface area contributed by atoms with Crippen LogP contribution in [0, 0.1) is 5.41 Å². The Morgan fingerprint density at radius 1 is 1.60 bits per heavy atom. The minimum atomic E-state index is -0.0354. The smallest absolute Gasteiger partial charge is 0.141 e. The van der Waals surface area contributed by atoms with Crippen molar-refractivity contribution in [3.05, 3.63) is 24.0 Å². The van der Waals surface area contributed by atoms with E-state index >= 15 is 0 Å². The second kappa shape index (κ2) is 5.31. The van der Waals surface area contributed by atoms with Crippen LogP contribution in [-0.2, 0) is 0 Å². The van der Waals surface area contributed by atoms with Crippen LogP contribution in [0.5, 0.6) is 0 Å². The lowest BCUT2D eigenvalue weighted by atomic mass is 10.3. The highest BCUT2D eigenvalue weighted by atomic mass is 16.3.